The maximum atomic E-state index is 13.5. The molecule has 0 bridgehead atoms. The summed E-state index contributed by atoms with van der Waals surface area (Å²) < 4.78 is 28.4. The Morgan fingerprint density at radius 3 is 2.52 bits per heavy atom. The summed E-state index contributed by atoms with van der Waals surface area (Å²) in [7, 11) is -3.77. The third-order valence-electron chi connectivity index (χ3n) is 4.49. The van der Waals surface area contributed by atoms with Crippen molar-refractivity contribution in [3.63, 3.8) is 0 Å². The van der Waals surface area contributed by atoms with E-state index >= 15 is 0 Å². The summed E-state index contributed by atoms with van der Waals surface area (Å²) in [5, 5.41) is 4.09. The molecule has 0 atom stereocenters. The topological polar surface area (TPSA) is 75.2 Å². The van der Waals surface area contributed by atoms with Crippen molar-refractivity contribution in [2.45, 2.75) is 18.7 Å². The Bertz CT molecular complexity index is 1250. The van der Waals surface area contributed by atoms with E-state index in [0.717, 1.165) is 15.1 Å². The Morgan fingerprint density at radius 1 is 1.03 bits per heavy atom. The van der Waals surface area contributed by atoms with Crippen molar-refractivity contribution in [3.05, 3.63) is 71.9 Å². The van der Waals surface area contributed by atoms with Crippen molar-refractivity contribution in [1.82, 2.24) is 9.97 Å². The van der Waals surface area contributed by atoms with Crippen LogP contribution in [0.1, 0.15) is 11.8 Å². The second kappa shape index (κ2) is 7.81. The largest absolute Gasteiger partial charge is 0.338 e. The molecular weight excluding hydrogens is 404 g/mol. The molecule has 0 radical (unpaired) electrons. The van der Waals surface area contributed by atoms with Crippen LogP contribution in [0.15, 0.2) is 71.9 Å². The van der Waals surface area contributed by atoms with Gasteiger partial charge in [-0.1, -0.05) is 30.3 Å². The maximum absolute atomic E-state index is 13.5. The van der Waals surface area contributed by atoms with E-state index in [4.69, 9.17) is 0 Å². The van der Waals surface area contributed by atoms with Crippen LogP contribution in [-0.4, -0.2) is 24.9 Å². The number of aromatic nitrogens is 2. The van der Waals surface area contributed by atoms with E-state index in [2.05, 4.69) is 15.3 Å². The van der Waals surface area contributed by atoms with Gasteiger partial charge in [0, 0.05) is 11.4 Å². The highest BCUT2D eigenvalue weighted by atomic mass is 32.2. The lowest BCUT2D eigenvalue weighted by molar-refractivity contribution is 0.592. The molecule has 4 rings (SSSR count). The second-order valence-corrected chi connectivity index (χ2v) is 9.49. The van der Waals surface area contributed by atoms with Gasteiger partial charge in [0.25, 0.3) is 10.0 Å². The molecule has 2 aromatic carbocycles. The third kappa shape index (κ3) is 3.68. The molecule has 4 aromatic rings. The van der Waals surface area contributed by atoms with Crippen LogP contribution < -0.4 is 9.62 Å². The van der Waals surface area contributed by atoms with Crippen molar-refractivity contribution >= 4 is 48.8 Å². The van der Waals surface area contributed by atoms with Crippen molar-refractivity contribution in [2.24, 2.45) is 0 Å². The summed E-state index contributed by atoms with van der Waals surface area (Å²) in [6.07, 6.45) is 1.49. The number of thiophene rings is 1. The van der Waals surface area contributed by atoms with Crippen molar-refractivity contribution < 1.29 is 8.42 Å². The monoisotopic (exact) mass is 424 g/mol. The number of fused-ring (bicyclic) bond motifs is 1. The molecule has 0 aliphatic heterocycles. The highest BCUT2D eigenvalue weighted by Gasteiger charge is 2.26. The van der Waals surface area contributed by atoms with Gasteiger partial charge in [-0.2, -0.15) is 0 Å². The van der Waals surface area contributed by atoms with E-state index in [1.165, 1.54) is 10.6 Å². The van der Waals surface area contributed by atoms with Crippen LogP contribution in [0.4, 0.5) is 17.2 Å². The van der Waals surface area contributed by atoms with Crippen LogP contribution in [0.2, 0.25) is 0 Å². The molecule has 2 heterocycles. The molecule has 2 aromatic heterocycles. The number of rotatable bonds is 6. The molecule has 0 saturated carbocycles. The van der Waals surface area contributed by atoms with Crippen LogP contribution in [0.3, 0.4) is 0 Å². The molecule has 0 aliphatic rings. The molecule has 0 aliphatic carbocycles. The number of sulfonamides is 1. The number of hydrogen-bond donors (Lipinski definition) is 1. The number of anilines is 3. The molecule has 0 spiro atoms. The van der Waals surface area contributed by atoms with E-state index in [-0.39, 0.29) is 4.90 Å². The van der Waals surface area contributed by atoms with Gasteiger partial charge in [0.1, 0.15) is 21.9 Å². The first-order valence-corrected chi connectivity index (χ1v) is 11.4. The van der Waals surface area contributed by atoms with Crippen LogP contribution >= 0.6 is 11.3 Å². The molecule has 0 amide bonds. The summed E-state index contributed by atoms with van der Waals surface area (Å²) in [5.41, 5.74) is 1.11. The smallest absolute Gasteiger partial charge is 0.266 e. The first kappa shape index (κ1) is 19.4. The standard InChI is InChI=1S/C21H20N4O2S2/c1-3-25(16-9-5-4-6-10-16)29(26,27)19-12-8-7-11-18(19)24-20-17-13-15(2)28-21(17)23-14-22-20/h4-14H,3H2,1-2H3,(H,22,23,24). The lowest BCUT2D eigenvalue weighted by Gasteiger charge is -2.24. The van der Waals surface area contributed by atoms with Crippen molar-refractivity contribution in [2.75, 3.05) is 16.2 Å². The van der Waals surface area contributed by atoms with Crippen LogP contribution in [0, 0.1) is 6.92 Å². The Hall–Kier alpha value is -2.97. The number of benzene rings is 2. The third-order valence-corrected chi connectivity index (χ3v) is 7.41. The van der Waals surface area contributed by atoms with Crippen molar-refractivity contribution in [1.29, 1.82) is 0 Å². The van der Waals surface area contributed by atoms with Crippen LogP contribution in [0.5, 0.6) is 0 Å². The summed E-state index contributed by atoms with van der Waals surface area (Å²) in [6, 6.07) is 18.0. The minimum absolute atomic E-state index is 0.199. The van der Waals surface area contributed by atoms with Gasteiger partial charge in [0.05, 0.1) is 16.8 Å². The Labute approximate surface area is 173 Å². The molecule has 0 fully saturated rings. The SMILES string of the molecule is CCN(c1ccccc1)S(=O)(=O)c1ccccc1Nc1ncnc2sc(C)cc12. The average Bonchev–Trinajstić information content (AvgIpc) is 3.11. The lowest BCUT2D eigenvalue weighted by Crippen LogP contribution is -2.31. The first-order valence-electron chi connectivity index (χ1n) is 9.15. The molecule has 8 heteroatoms. The minimum Gasteiger partial charge on any atom is -0.338 e. The summed E-state index contributed by atoms with van der Waals surface area (Å²) >= 11 is 1.57. The summed E-state index contributed by atoms with van der Waals surface area (Å²) in [6.45, 7) is 4.15. The fraction of sp³-hybridized carbons (Fsp3) is 0.143. The predicted octanol–water partition coefficient (Wildman–Crippen LogP) is 4.96. The van der Waals surface area contributed by atoms with Gasteiger partial charge in [0.15, 0.2) is 0 Å². The van der Waals surface area contributed by atoms with Crippen LogP contribution in [-0.2, 0) is 10.0 Å². The molecular formula is C21H20N4O2S2. The average molecular weight is 425 g/mol. The van der Waals surface area contributed by atoms with Gasteiger partial charge in [-0.15, -0.1) is 11.3 Å². The molecule has 1 N–H and O–H groups in total. The summed E-state index contributed by atoms with van der Waals surface area (Å²) in [4.78, 5) is 10.8. The van der Waals surface area contributed by atoms with Crippen molar-refractivity contribution in [3.8, 4) is 0 Å². The zero-order valence-corrected chi connectivity index (χ0v) is 17.7. The number of aryl methyl sites for hydroxylation is 1. The zero-order valence-electron chi connectivity index (χ0n) is 16.0. The highest BCUT2D eigenvalue weighted by molar-refractivity contribution is 7.93. The Morgan fingerprint density at radius 2 is 1.76 bits per heavy atom. The number of para-hydroxylation sites is 2. The first-order chi connectivity index (χ1) is 14.0. The number of hydrogen-bond acceptors (Lipinski definition) is 6. The molecule has 0 unspecified atom stereocenters. The van der Waals surface area contributed by atoms with Gasteiger partial charge in [-0.3, -0.25) is 4.31 Å². The predicted molar refractivity (Wildman–Crippen MR) is 119 cm³/mol. The summed E-state index contributed by atoms with van der Waals surface area (Å²) in [5.74, 6) is 0.588. The maximum Gasteiger partial charge on any atom is 0.266 e. The van der Waals surface area contributed by atoms with E-state index in [1.54, 1.807) is 47.7 Å². The van der Waals surface area contributed by atoms with Crippen LogP contribution in [0.25, 0.3) is 10.2 Å². The fourth-order valence-corrected chi connectivity index (χ4v) is 5.67. The molecule has 29 heavy (non-hydrogen) atoms. The number of nitrogens with one attached hydrogen (secondary N) is 1. The van der Waals surface area contributed by atoms with Gasteiger partial charge in [-0.25, -0.2) is 18.4 Å². The highest BCUT2D eigenvalue weighted by Crippen LogP contribution is 2.33. The lowest BCUT2D eigenvalue weighted by atomic mass is 10.3. The normalized spacial score (nSPS) is 11.5. The molecule has 148 valence electrons. The Balaban J connectivity index is 1.78. The fourth-order valence-electron chi connectivity index (χ4n) is 3.20. The zero-order chi connectivity index (χ0) is 20.4. The van der Waals surface area contributed by atoms with Gasteiger partial charge in [0.2, 0.25) is 0 Å². The second-order valence-electron chi connectivity index (χ2n) is 6.42. The van der Waals surface area contributed by atoms with E-state index in [9.17, 15) is 8.42 Å². The molecule has 6 nitrogen and oxygen atoms in total. The van der Waals surface area contributed by atoms with Gasteiger partial charge >= 0.3 is 0 Å². The Kier molecular flexibility index (Phi) is 5.21. The minimum atomic E-state index is -3.77. The molecule has 0 saturated heterocycles. The van der Waals surface area contributed by atoms with E-state index in [1.807, 2.05) is 38.1 Å². The van der Waals surface area contributed by atoms with E-state index < -0.39 is 10.0 Å². The van der Waals surface area contributed by atoms with E-state index in [0.29, 0.717) is 23.7 Å². The van der Waals surface area contributed by atoms with Gasteiger partial charge in [-0.05, 0) is 44.2 Å². The quantitative estimate of drug-likeness (QED) is 0.474. The van der Waals surface area contributed by atoms with Gasteiger partial charge < -0.3 is 5.32 Å². The number of nitrogens with zero attached hydrogens (tertiary/aromatic N) is 3.